The van der Waals surface area contributed by atoms with E-state index in [1.807, 2.05) is 6.20 Å². The van der Waals surface area contributed by atoms with E-state index in [1.165, 1.54) is 0 Å². The van der Waals surface area contributed by atoms with Crippen LogP contribution in [0.5, 0.6) is 0 Å². The molecule has 1 aliphatic rings. The molecule has 0 saturated carbocycles. The predicted molar refractivity (Wildman–Crippen MR) is 80.7 cm³/mol. The zero-order valence-corrected chi connectivity index (χ0v) is 13.3. The van der Waals surface area contributed by atoms with Gasteiger partial charge in [-0.3, -0.25) is 0 Å². The van der Waals surface area contributed by atoms with Gasteiger partial charge in [0, 0.05) is 25.8 Å². The maximum absolute atomic E-state index is 5.76. The van der Waals surface area contributed by atoms with Gasteiger partial charge >= 0.3 is 0 Å². The lowest BCUT2D eigenvalue weighted by atomic mass is 10.2. The molecule has 1 aliphatic heterocycles. The number of morpholine rings is 1. The van der Waals surface area contributed by atoms with Gasteiger partial charge in [0.1, 0.15) is 5.82 Å². The zero-order chi connectivity index (χ0) is 13.8. The van der Waals surface area contributed by atoms with Gasteiger partial charge < -0.3 is 15.0 Å². The van der Waals surface area contributed by atoms with Crippen LogP contribution in [0, 0.1) is 0 Å². The summed E-state index contributed by atoms with van der Waals surface area (Å²) in [6, 6.07) is 0. The van der Waals surface area contributed by atoms with E-state index >= 15 is 0 Å². The number of aromatic nitrogens is 2. The molecule has 0 bridgehead atoms. The van der Waals surface area contributed by atoms with E-state index in [-0.39, 0.29) is 12.2 Å². The number of halogens is 1. The van der Waals surface area contributed by atoms with Crippen LogP contribution in [0.1, 0.15) is 27.2 Å². The summed E-state index contributed by atoms with van der Waals surface area (Å²) in [5.41, 5.74) is 0. The van der Waals surface area contributed by atoms with Crippen molar-refractivity contribution < 1.29 is 4.74 Å². The smallest absolute Gasteiger partial charge is 0.224 e. The van der Waals surface area contributed by atoms with Crippen molar-refractivity contribution in [2.75, 3.05) is 29.9 Å². The lowest BCUT2D eigenvalue weighted by Gasteiger charge is -2.36. The monoisotopic (exact) mass is 328 g/mol. The van der Waals surface area contributed by atoms with Crippen molar-refractivity contribution >= 4 is 27.7 Å². The highest BCUT2D eigenvalue weighted by atomic mass is 79.9. The Balaban J connectivity index is 2.17. The number of anilines is 2. The number of ether oxygens (including phenoxy) is 1. The topological polar surface area (TPSA) is 50.3 Å². The third-order valence-corrected chi connectivity index (χ3v) is 3.54. The summed E-state index contributed by atoms with van der Waals surface area (Å²) in [6.45, 7) is 8.90. The van der Waals surface area contributed by atoms with Gasteiger partial charge in [0.2, 0.25) is 5.95 Å². The van der Waals surface area contributed by atoms with Crippen molar-refractivity contribution in [3.8, 4) is 0 Å². The summed E-state index contributed by atoms with van der Waals surface area (Å²) >= 11 is 3.54. The second-order valence-corrected chi connectivity index (χ2v) is 5.81. The molecular weight excluding hydrogens is 308 g/mol. The first kappa shape index (κ1) is 14.5. The normalized spacial score (nSPS) is 23.5. The third-order valence-electron chi connectivity index (χ3n) is 2.98. The molecule has 2 atom stereocenters. The van der Waals surface area contributed by atoms with E-state index in [0.29, 0.717) is 5.95 Å². The summed E-state index contributed by atoms with van der Waals surface area (Å²) in [4.78, 5) is 11.1. The Morgan fingerprint density at radius 2 is 2.11 bits per heavy atom. The second-order valence-electron chi connectivity index (χ2n) is 4.95. The van der Waals surface area contributed by atoms with Gasteiger partial charge in [0.25, 0.3) is 0 Å². The highest BCUT2D eigenvalue weighted by molar-refractivity contribution is 9.10. The lowest BCUT2D eigenvalue weighted by molar-refractivity contribution is -0.00550. The lowest BCUT2D eigenvalue weighted by Crippen LogP contribution is -2.46. The fourth-order valence-corrected chi connectivity index (χ4v) is 2.69. The second kappa shape index (κ2) is 6.52. The van der Waals surface area contributed by atoms with Crippen molar-refractivity contribution in [3.63, 3.8) is 0 Å². The maximum Gasteiger partial charge on any atom is 0.224 e. The van der Waals surface area contributed by atoms with Crippen molar-refractivity contribution in [3.05, 3.63) is 10.7 Å². The first-order chi connectivity index (χ1) is 9.10. The fraction of sp³-hybridized carbons (Fsp3) is 0.692. The molecule has 0 amide bonds. The van der Waals surface area contributed by atoms with Crippen LogP contribution >= 0.6 is 15.9 Å². The molecule has 1 aromatic heterocycles. The van der Waals surface area contributed by atoms with Gasteiger partial charge in [-0.25, -0.2) is 4.98 Å². The quantitative estimate of drug-likeness (QED) is 0.920. The fourth-order valence-electron chi connectivity index (χ4n) is 2.25. The summed E-state index contributed by atoms with van der Waals surface area (Å²) in [5, 5.41) is 3.22. The van der Waals surface area contributed by atoms with E-state index in [0.717, 1.165) is 36.3 Å². The van der Waals surface area contributed by atoms with Gasteiger partial charge in [-0.05, 0) is 36.2 Å². The highest BCUT2D eigenvalue weighted by Crippen LogP contribution is 2.27. The van der Waals surface area contributed by atoms with E-state index in [9.17, 15) is 0 Å². The highest BCUT2D eigenvalue weighted by Gasteiger charge is 2.24. The summed E-state index contributed by atoms with van der Waals surface area (Å²) in [5.74, 6) is 1.63. The van der Waals surface area contributed by atoms with E-state index in [2.05, 4.69) is 56.9 Å². The van der Waals surface area contributed by atoms with Gasteiger partial charge in [-0.1, -0.05) is 6.92 Å². The molecule has 0 spiro atoms. The van der Waals surface area contributed by atoms with E-state index in [1.54, 1.807) is 0 Å². The van der Waals surface area contributed by atoms with Crippen LogP contribution in [0.3, 0.4) is 0 Å². The van der Waals surface area contributed by atoms with Crippen molar-refractivity contribution in [1.29, 1.82) is 0 Å². The Morgan fingerprint density at radius 1 is 1.42 bits per heavy atom. The number of hydrogen-bond donors (Lipinski definition) is 1. The molecule has 1 saturated heterocycles. The molecule has 0 aliphatic carbocycles. The van der Waals surface area contributed by atoms with Crippen LogP contribution in [-0.4, -0.2) is 41.8 Å². The SMILES string of the molecule is CCCNc1ncc(Br)c(N2CC(C)OC(C)C2)n1. The first-order valence-electron chi connectivity index (χ1n) is 6.77. The van der Waals surface area contributed by atoms with Crippen LogP contribution < -0.4 is 10.2 Å². The molecule has 1 aromatic rings. The van der Waals surface area contributed by atoms with Crippen LogP contribution in [0.2, 0.25) is 0 Å². The first-order valence-corrected chi connectivity index (χ1v) is 7.56. The van der Waals surface area contributed by atoms with Gasteiger partial charge in [-0.2, -0.15) is 4.98 Å². The van der Waals surface area contributed by atoms with Gasteiger partial charge in [0.05, 0.1) is 16.7 Å². The minimum atomic E-state index is 0.220. The Morgan fingerprint density at radius 3 is 2.74 bits per heavy atom. The van der Waals surface area contributed by atoms with Crippen LogP contribution in [0.25, 0.3) is 0 Å². The molecule has 19 heavy (non-hydrogen) atoms. The van der Waals surface area contributed by atoms with Crippen LogP contribution in [-0.2, 0) is 4.74 Å². The molecule has 1 fully saturated rings. The number of nitrogens with one attached hydrogen (secondary N) is 1. The minimum absolute atomic E-state index is 0.220. The third kappa shape index (κ3) is 3.79. The standard InChI is InChI=1S/C13H21BrN4O/c1-4-5-15-13-16-6-11(14)12(17-13)18-7-9(2)19-10(3)8-18/h6,9-10H,4-5,7-8H2,1-3H3,(H,15,16,17). The van der Waals surface area contributed by atoms with Crippen LogP contribution in [0.4, 0.5) is 11.8 Å². The van der Waals surface area contributed by atoms with E-state index in [4.69, 9.17) is 4.74 Å². The Bertz CT molecular complexity index is 419. The molecule has 2 unspecified atom stereocenters. The number of rotatable bonds is 4. The molecule has 2 heterocycles. The molecular formula is C13H21BrN4O. The van der Waals surface area contributed by atoms with Gasteiger partial charge in [-0.15, -0.1) is 0 Å². The largest absolute Gasteiger partial charge is 0.372 e. The number of hydrogen-bond acceptors (Lipinski definition) is 5. The van der Waals surface area contributed by atoms with Crippen LogP contribution in [0.15, 0.2) is 10.7 Å². The van der Waals surface area contributed by atoms with Crippen molar-refractivity contribution in [2.24, 2.45) is 0 Å². The molecule has 106 valence electrons. The van der Waals surface area contributed by atoms with Crippen molar-refractivity contribution in [2.45, 2.75) is 39.4 Å². The minimum Gasteiger partial charge on any atom is -0.372 e. The Kier molecular flexibility index (Phi) is 4.99. The summed E-state index contributed by atoms with van der Waals surface area (Å²) < 4.78 is 6.68. The molecule has 1 N–H and O–H groups in total. The average molecular weight is 329 g/mol. The molecule has 6 heteroatoms. The zero-order valence-electron chi connectivity index (χ0n) is 11.7. The molecule has 5 nitrogen and oxygen atoms in total. The van der Waals surface area contributed by atoms with Crippen molar-refractivity contribution in [1.82, 2.24) is 9.97 Å². The predicted octanol–water partition coefficient (Wildman–Crippen LogP) is 2.67. The summed E-state index contributed by atoms with van der Waals surface area (Å²) in [7, 11) is 0. The number of nitrogens with zero attached hydrogens (tertiary/aromatic N) is 3. The maximum atomic E-state index is 5.76. The van der Waals surface area contributed by atoms with Gasteiger partial charge in [0.15, 0.2) is 0 Å². The Hall–Kier alpha value is -0.880. The molecule has 0 aromatic carbocycles. The average Bonchev–Trinajstić information content (AvgIpc) is 2.36. The molecule has 0 radical (unpaired) electrons. The summed E-state index contributed by atoms with van der Waals surface area (Å²) in [6.07, 6.45) is 3.31. The molecule has 2 rings (SSSR count). The Labute approximate surface area is 122 Å². The van der Waals surface area contributed by atoms with E-state index < -0.39 is 0 Å².